The molecule has 22 heavy (non-hydrogen) atoms. The van der Waals surface area contributed by atoms with Crippen LogP contribution in [0.1, 0.15) is 12.0 Å². The van der Waals surface area contributed by atoms with E-state index in [9.17, 15) is 14.7 Å². The third-order valence-electron chi connectivity index (χ3n) is 3.23. The Morgan fingerprint density at radius 2 is 1.95 bits per heavy atom. The minimum Gasteiger partial charge on any atom is -0.605 e. The van der Waals surface area contributed by atoms with E-state index in [-0.39, 0.29) is 57.8 Å². The van der Waals surface area contributed by atoms with E-state index < -0.39 is 18.4 Å². The second kappa shape index (κ2) is 10.2. The minimum absolute atomic E-state index is 0. The van der Waals surface area contributed by atoms with Crippen molar-refractivity contribution in [1.29, 1.82) is 0 Å². The zero-order valence-corrected chi connectivity index (χ0v) is 15.2. The molecule has 0 saturated carbocycles. The van der Waals surface area contributed by atoms with Crippen molar-refractivity contribution < 1.29 is 58.4 Å². The van der Waals surface area contributed by atoms with E-state index in [0.717, 1.165) is 5.56 Å². The van der Waals surface area contributed by atoms with Gasteiger partial charge in [-0.2, -0.15) is 0 Å². The van der Waals surface area contributed by atoms with E-state index >= 15 is 0 Å². The Morgan fingerprint density at radius 3 is 2.55 bits per heavy atom. The summed E-state index contributed by atoms with van der Waals surface area (Å²) in [6.07, 6.45) is -0.404. The number of methoxy groups -OCH3 is 1. The van der Waals surface area contributed by atoms with Crippen molar-refractivity contribution >= 4 is 11.9 Å². The molecule has 0 bridgehead atoms. The van der Waals surface area contributed by atoms with Crippen LogP contribution in [0, 0.1) is 0 Å². The molecule has 1 aromatic carbocycles. The first-order valence-corrected chi connectivity index (χ1v) is 6.41. The molecule has 1 aliphatic rings. The molecule has 1 unspecified atom stereocenters. The Bertz CT molecular complexity index is 487. The van der Waals surface area contributed by atoms with Gasteiger partial charge in [0.1, 0.15) is 0 Å². The summed E-state index contributed by atoms with van der Waals surface area (Å²) >= 11 is 0. The second-order valence-corrected chi connectivity index (χ2v) is 4.57. The van der Waals surface area contributed by atoms with Gasteiger partial charge in [0.15, 0.2) is 0 Å². The summed E-state index contributed by atoms with van der Waals surface area (Å²) in [6.45, 7) is 0.0709. The van der Waals surface area contributed by atoms with Gasteiger partial charge in [-0.05, 0) is 18.0 Å². The number of carbonyl (C=O) groups is 2. The third-order valence-corrected chi connectivity index (χ3v) is 3.23. The van der Waals surface area contributed by atoms with Crippen LogP contribution in [0.25, 0.3) is 5.32 Å². The fraction of sp³-hybridized carbons (Fsp3) is 0.429. The molecule has 1 heterocycles. The Labute approximate surface area is 155 Å². The van der Waals surface area contributed by atoms with Gasteiger partial charge in [-0.25, -0.2) is 0 Å². The quantitative estimate of drug-likeness (QED) is 0.504. The average molecular weight is 483 g/mol. The van der Waals surface area contributed by atoms with Gasteiger partial charge in [-0.3, -0.25) is 9.59 Å². The van der Waals surface area contributed by atoms with Crippen LogP contribution in [0.15, 0.2) is 30.3 Å². The molecule has 1 amide bonds. The summed E-state index contributed by atoms with van der Waals surface area (Å²) in [7, 11) is 1.25. The normalized spacial score (nSPS) is 19.8. The van der Waals surface area contributed by atoms with Gasteiger partial charge in [0, 0.05) is 58.3 Å². The van der Waals surface area contributed by atoms with Crippen LogP contribution in [0.3, 0.4) is 0 Å². The maximum atomic E-state index is 12.0. The third kappa shape index (κ3) is 5.51. The van der Waals surface area contributed by atoms with Gasteiger partial charge in [-0.15, -0.1) is 0 Å². The largest absolute Gasteiger partial charge is 0.605 e. The molecule has 0 spiro atoms. The van der Waals surface area contributed by atoms with Crippen LogP contribution in [-0.2, 0) is 59.7 Å². The molecule has 1 saturated heterocycles. The first-order chi connectivity index (χ1) is 9.61. The van der Waals surface area contributed by atoms with Crippen molar-refractivity contribution in [2.24, 2.45) is 0 Å². The van der Waals surface area contributed by atoms with Crippen LogP contribution >= 0.6 is 0 Å². The number of ether oxygens (including phenoxy) is 1. The standard InChI is InChI=1S/C14H17N2O4.2Rh/c1-20-13(18)11-9-16(14(19)15-11)12(17)8-7-10-5-3-2-4-6-10;;/h2-6,11,14,19H,7-9H2,1H3;;/q-1;;/t11-,14?;;/m0../s1. The molecule has 2 atom stereocenters. The fourth-order valence-corrected chi connectivity index (χ4v) is 2.11. The summed E-state index contributed by atoms with van der Waals surface area (Å²) in [5.41, 5.74) is 1.05. The van der Waals surface area contributed by atoms with Crippen molar-refractivity contribution in [2.75, 3.05) is 13.7 Å². The number of rotatable bonds is 4. The molecule has 2 rings (SSSR count). The zero-order chi connectivity index (χ0) is 14.5. The van der Waals surface area contributed by atoms with Crippen LogP contribution in [-0.4, -0.2) is 47.9 Å². The number of aryl methyl sites for hydroxylation is 1. The van der Waals surface area contributed by atoms with Gasteiger partial charge in [0.2, 0.25) is 5.91 Å². The van der Waals surface area contributed by atoms with Gasteiger partial charge >= 0.3 is 0 Å². The summed E-state index contributed by atoms with van der Waals surface area (Å²) in [5.74, 6) is -0.765. The summed E-state index contributed by atoms with van der Waals surface area (Å²) in [6, 6.07) is 8.82. The number of nitrogens with zero attached hydrogens (tertiary/aromatic N) is 2. The van der Waals surface area contributed by atoms with E-state index in [1.807, 2.05) is 30.3 Å². The van der Waals surface area contributed by atoms with Crippen LogP contribution < -0.4 is 0 Å². The number of benzene rings is 1. The van der Waals surface area contributed by atoms with Crippen molar-refractivity contribution in [2.45, 2.75) is 25.2 Å². The first kappa shape index (κ1) is 21.3. The van der Waals surface area contributed by atoms with E-state index in [0.29, 0.717) is 6.42 Å². The van der Waals surface area contributed by atoms with Crippen molar-refractivity contribution in [1.82, 2.24) is 4.90 Å². The molecule has 126 valence electrons. The van der Waals surface area contributed by atoms with Gasteiger partial charge in [-0.1, -0.05) is 30.3 Å². The zero-order valence-electron chi connectivity index (χ0n) is 11.9. The van der Waals surface area contributed by atoms with E-state index in [1.165, 1.54) is 12.0 Å². The van der Waals surface area contributed by atoms with Crippen LogP contribution in [0.4, 0.5) is 0 Å². The number of esters is 1. The predicted octanol–water partition coefficient (Wildman–Crippen LogP) is 0.648. The topological polar surface area (TPSA) is 80.9 Å². The maximum Gasteiger partial charge on any atom is 0.289 e. The SMILES string of the molecule is COC(=O)[C@@H]1CN(C(=O)CCc2ccccc2)C(O)[N-]1.[Rh].[Rh]. The van der Waals surface area contributed by atoms with Crippen molar-refractivity contribution in [3.8, 4) is 0 Å². The van der Waals surface area contributed by atoms with Crippen molar-refractivity contribution in [3.05, 3.63) is 41.2 Å². The molecule has 1 fully saturated rings. The molecule has 6 nitrogen and oxygen atoms in total. The molecular formula is C14H17N2O4Rh2-. The number of hydrogen-bond donors (Lipinski definition) is 1. The minimum atomic E-state index is -1.26. The number of aliphatic hydroxyl groups is 1. The Kier molecular flexibility index (Phi) is 9.86. The van der Waals surface area contributed by atoms with E-state index in [2.05, 4.69) is 10.1 Å². The number of aliphatic hydroxyl groups excluding tert-OH is 1. The van der Waals surface area contributed by atoms with Crippen molar-refractivity contribution in [3.63, 3.8) is 0 Å². The molecule has 0 aliphatic carbocycles. The summed E-state index contributed by atoms with van der Waals surface area (Å²) < 4.78 is 4.56. The van der Waals surface area contributed by atoms with Gasteiger partial charge < -0.3 is 20.1 Å². The Morgan fingerprint density at radius 1 is 1.32 bits per heavy atom. The monoisotopic (exact) mass is 483 g/mol. The molecule has 2 radical (unpaired) electrons. The van der Waals surface area contributed by atoms with E-state index in [4.69, 9.17) is 0 Å². The smallest absolute Gasteiger partial charge is 0.289 e. The first-order valence-electron chi connectivity index (χ1n) is 6.41. The van der Waals surface area contributed by atoms with Gasteiger partial charge in [0.25, 0.3) is 5.97 Å². The molecule has 0 aromatic heterocycles. The second-order valence-electron chi connectivity index (χ2n) is 4.57. The van der Waals surface area contributed by atoms with Gasteiger partial charge in [0.05, 0.1) is 7.11 Å². The fourth-order valence-electron chi connectivity index (χ4n) is 2.11. The maximum absolute atomic E-state index is 12.0. The molecule has 1 N–H and O–H groups in total. The van der Waals surface area contributed by atoms with Crippen LogP contribution in [0.2, 0.25) is 0 Å². The molecule has 1 aromatic rings. The number of amides is 1. The predicted molar refractivity (Wildman–Crippen MR) is 71.6 cm³/mol. The van der Waals surface area contributed by atoms with E-state index in [1.54, 1.807) is 0 Å². The number of carbonyl (C=O) groups excluding carboxylic acids is 2. The summed E-state index contributed by atoms with van der Waals surface area (Å²) in [5, 5.41) is 13.5. The Hall–Kier alpha value is -0.673. The average Bonchev–Trinajstić information content (AvgIpc) is 2.87. The number of hydrogen-bond acceptors (Lipinski definition) is 4. The molecular weight excluding hydrogens is 466 g/mol. The van der Waals surface area contributed by atoms with Crippen LogP contribution in [0.5, 0.6) is 0 Å². The molecule has 1 aliphatic heterocycles. The molecule has 8 heteroatoms. The summed E-state index contributed by atoms with van der Waals surface area (Å²) in [4.78, 5) is 24.6. The Balaban J connectivity index is 0.00000220.